The van der Waals surface area contributed by atoms with Crippen molar-refractivity contribution < 1.29 is 9.47 Å². The Labute approximate surface area is 194 Å². The van der Waals surface area contributed by atoms with Crippen molar-refractivity contribution in [3.05, 3.63) is 90.1 Å². The molecule has 0 saturated heterocycles. The monoisotopic (exact) mass is 446 g/mol. The van der Waals surface area contributed by atoms with Crippen molar-refractivity contribution in [2.45, 2.75) is 20.8 Å². The van der Waals surface area contributed by atoms with E-state index < -0.39 is 0 Å². The second kappa shape index (κ2) is 13.3. The molecule has 4 rings (SSSR count). The summed E-state index contributed by atoms with van der Waals surface area (Å²) in [6.07, 6.45) is 5.28. The number of nitrogens with one attached hydrogen (secondary N) is 1. The molecule has 4 aromatic rings. The Morgan fingerprint density at radius 3 is 2.03 bits per heavy atom. The summed E-state index contributed by atoms with van der Waals surface area (Å²) in [7, 11) is 3.21. The quantitative estimate of drug-likeness (QED) is 0.455. The van der Waals surface area contributed by atoms with Gasteiger partial charge < -0.3 is 20.5 Å². The van der Waals surface area contributed by atoms with Crippen LogP contribution in [0.25, 0.3) is 0 Å². The molecule has 0 aliphatic heterocycles. The van der Waals surface area contributed by atoms with Gasteiger partial charge in [-0.1, -0.05) is 12.1 Å². The lowest BCUT2D eigenvalue weighted by molar-refractivity contribution is 0.397. The summed E-state index contributed by atoms with van der Waals surface area (Å²) in [5, 5.41) is 3.22. The fraction of sp³-hybridized carbons (Fsp3) is 0.200. The second-order valence-electron chi connectivity index (χ2n) is 6.88. The third-order valence-corrected chi connectivity index (χ3v) is 4.34. The molecule has 0 unspecified atom stereocenters. The maximum absolute atomic E-state index is 5.46. The molecule has 0 amide bonds. The van der Waals surface area contributed by atoms with Crippen LogP contribution in [0.3, 0.4) is 0 Å². The first-order valence-corrected chi connectivity index (χ1v) is 10.3. The zero-order chi connectivity index (χ0) is 24.1. The minimum Gasteiger partial charge on any atom is -0.481 e. The van der Waals surface area contributed by atoms with Gasteiger partial charge in [-0.25, -0.2) is 4.98 Å². The highest BCUT2D eigenvalue weighted by molar-refractivity contribution is 5.59. The topological polar surface area (TPSA) is 108 Å². The number of ether oxygens (including phenoxy) is 2. The van der Waals surface area contributed by atoms with Crippen LogP contribution in [0.5, 0.6) is 11.8 Å². The van der Waals surface area contributed by atoms with Crippen molar-refractivity contribution in [3.63, 3.8) is 0 Å². The molecule has 3 N–H and O–H groups in total. The van der Waals surface area contributed by atoms with Gasteiger partial charge in [0.2, 0.25) is 11.8 Å². The number of aryl methyl sites for hydroxylation is 3. The van der Waals surface area contributed by atoms with Crippen LogP contribution in [0, 0.1) is 20.8 Å². The highest BCUT2D eigenvalue weighted by Crippen LogP contribution is 2.19. The van der Waals surface area contributed by atoms with E-state index >= 15 is 0 Å². The van der Waals surface area contributed by atoms with E-state index in [4.69, 9.17) is 15.2 Å². The number of nitrogens with zero attached hydrogens (tertiary/aromatic N) is 4. The van der Waals surface area contributed by atoms with E-state index in [-0.39, 0.29) is 0 Å². The van der Waals surface area contributed by atoms with Gasteiger partial charge in [0.25, 0.3) is 0 Å². The molecule has 0 aromatic carbocycles. The molecule has 0 bridgehead atoms. The summed E-state index contributed by atoms with van der Waals surface area (Å²) in [4.78, 5) is 16.3. The molecule has 4 aromatic heterocycles. The van der Waals surface area contributed by atoms with E-state index in [0.29, 0.717) is 11.8 Å². The maximum atomic E-state index is 5.46. The average Bonchev–Trinajstić information content (AvgIpc) is 2.83. The van der Waals surface area contributed by atoms with Gasteiger partial charge >= 0.3 is 0 Å². The second-order valence-corrected chi connectivity index (χ2v) is 6.88. The van der Waals surface area contributed by atoms with Gasteiger partial charge in [-0.3, -0.25) is 9.97 Å². The van der Waals surface area contributed by atoms with E-state index in [2.05, 4.69) is 25.3 Å². The predicted octanol–water partition coefficient (Wildman–Crippen LogP) is 4.91. The van der Waals surface area contributed by atoms with Crippen LogP contribution in [0.2, 0.25) is 0 Å². The van der Waals surface area contributed by atoms with Gasteiger partial charge in [0.1, 0.15) is 5.82 Å². The molecular formula is C25H30N6O2. The van der Waals surface area contributed by atoms with Crippen molar-refractivity contribution in [1.82, 2.24) is 19.9 Å². The Morgan fingerprint density at radius 1 is 0.788 bits per heavy atom. The molecule has 0 aliphatic carbocycles. The molecule has 4 heterocycles. The van der Waals surface area contributed by atoms with Crippen LogP contribution in [-0.2, 0) is 0 Å². The van der Waals surface area contributed by atoms with Gasteiger partial charge in [-0.2, -0.15) is 4.98 Å². The fourth-order valence-corrected chi connectivity index (χ4v) is 2.48. The zero-order valence-corrected chi connectivity index (χ0v) is 19.6. The van der Waals surface area contributed by atoms with Crippen LogP contribution < -0.4 is 20.5 Å². The van der Waals surface area contributed by atoms with Crippen molar-refractivity contribution in [2.75, 3.05) is 25.3 Å². The van der Waals surface area contributed by atoms with Crippen molar-refractivity contribution >= 4 is 17.2 Å². The summed E-state index contributed by atoms with van der Waals surface area (Å²) in [5.41, 5.74) is 10.2. The van der Waals surface area contributed by atoms with Gasteiger partial charge in [-0.15, -0.1) is 0 Å². The fourth-order valence-electron chi connectivity index (χ4n) is 2.48. The highest BCUT2D eigenvalue weighted by atomic mass is 16.5. The van der Waals surface area contributed by atoms with Gasteiger partial charge in [-0.05, 0) is 56.7 Å². The molecule has 0 saturated carbocycles. The first-order valence-electron chi connectivity index (χ1n) is 10.3. The Hall–Kier alpha value is -4.20. The molecule has 8 nitrogen and oxygen atoms in total. The van der Waals surface area contributed by atoms with Crippen LogP contribution in [-0.4, -0.2) is 34.2 Å². The largest absolute Gasteiger partial charge is 0.481 e. The molecule has 0 aliphatic rings. The lowest BCUT2D eigenvalue weighted by atomic mass is 10.2. The van der Waals surface area contributed by atoms with Crippen LogP contribution >= 0.6 is 0 Å². The Morgan fingerprint density at radius 2 is 1.48 bits per heavy atom. The maximum Gasteiger partial charge on any atom is 0.214 e. The van der Waals surface area contributed by atoms with Gasteiger partial charge in [0.05, 0.1) is 25.6 Å². The standard InChI is InChI=1S/C12H13N3O.C7H9NO.C6H8N2/c1-9-8-13-7-6-10(9)14-11-4-3-5-12(15-11)16-2;1-6-4-3-5-7(8-6)9-2;1-5-6(7)3-2-4-8-5/h3-8H,1-2H3,(H,13,14,15);3-5H,1-2H3;2-4H,7H2,1H3. The zero-order valence-electron chi connectivity index (χ0n) is 19.6. The van der Waals surface area contributed by atoms with Crippen LogP contribution in [0.4, 0.5) is 17.2 Å². The SMILES string of the molecule is COc1cccc(C)n1.COc1cccc(Nc2ccncc2C)n1.Cc1ncccc1N. The molecule has 33 heavy (non-hydrogen) atoms. The van der Waals surface area contributed by atoms with Gasteiger partial charge in [0, 0.05) is 42.1 Å². The number of nitrogen functional groups attached to an aromatic ring is 1. The predicted molar refractivity (Wildman–Crippen MR) is 132 cm³/mol. The van der Waals surface area contributed by atoms with E-state index in [1.807, 2.05) is 81.6 Å². The summed E-state index contributed by atoms with van der Waals surface area (Å²) in [6.45, 7) is 5.81. The van der Waals surface area contributed by atoms with Crippen molar-refractivity contribution in [2.24, 2.45) is 0 Å². The number of methoxy groups -OCH3 is 2. The van der Waals surface area contributed by atoms with E-state index in [1.54, 1.807) is 26.6 Å². The number of aromatic nitrogens is 4. The minimum atomic E-state index is 0.594. The summed E-state index contributed by atoms with van der Waals surface area (Å²) in [5.74, 6) is 2.03. The summed E-state index contributed by atoms with van der Waals surface area (Å²) >= 11 is 0. The molecule has 172 valence electrons. The van der Waals surface area contributed by atoms with E-state index in [9.17, 15) is 0 Å². The summed E-state index contributed by atoms with van der Waals surface area (Å²) < 4.78 is 9.94. The van der Waals surface area contributed by atoms with Crippen LogP contribution in [0.15, 0.2) is 73.2 Å². The minimum absolute atomic E-state index is 0.594. The number of nitrogens with two attached hydrogens (primary N) is 1. The smallest absolute Gasteiger partial charge is 0.214 e. The van der Waals surface area contributed by atoms with E-state index in [0.717, 1.165) is 34.1 Å². The average molecular weight is 447 g/mol. The third-order valence-electron chi connectivity index (χ3n) is 4.34. The number of rotatable bonds is 4. The summed E-state index contributed by atoms with van der Waals surface area (Å²) in [6, 6.07) is 16.8. The third kappa shape index (κ3) is 8.82. The molecule has 0 fully saturated rings. The number of hydrogen-bond donors (Lipinski definition) is 2. The first-order chi connectivity index (χ1) is 15.9. The molecule has 8 heteroatoms. The highest BCUT2D eigenvalue weighted by Gasteiger charge is 2.00. The van der Waals surface area contributed by atoms with E-state index in [1.165, 1.54) is 0 Å². The molecule has 0 radical (unpaired) electrons. The van der Waals surface area contributed by atoms with Crippen molar-refractivity contribution in [3.8, 4) is 11.8 Å². The van der Waals surface area contributed by atoms with Crippen LogP contribution in [0.1, 0.15) is 17.0 Å². The lowest BCUT2D eigenvalue weighted by Crippen LogP contribution is -1.97. The van der Waals surface area contributed by atoms with Crippen molar-refractivity contribution in [1.29, 1.82) is 0 Å². The number of pyridine rings is 4. The normalized spacial score (nSPS) is 9.48. The number of hydrogen-bond acceptors (Lipinski definition) is 8. The molecular weight excluding hydrogens is 416 g/mol. The first kappa shape index (κ1) is 25.1. The molecule has 0 spiro atoms. The Kier molecular flexibility index (Phi) is 10.1. The Balaban J connectivity index is 0.000000192. The number of anilines is 3. The Bertz CT molecular complexity index is 1120. The molecule has 0 atom stereocenters. The van der Waals surface area contributed by atoms with Gasteiger partial charge in [0.15, 0.2) is 0 Å². The lowest BCUT2D eigenvalue weighted by Gasteiger charge is -2.08.